The predicted octanol–water partition coefficient (Wildman–Crippen LogP) is 2.17. The number of fused-ring (bicyclic) bond motifs is 1. The highest BCUT2D eigenvalue weighted by molar-refractivity contribution is 7.11. The van der Waals surface area contributed by atoms with E-state index in [2.05, 4.69) is 20.5 Å². The summed E-state index contributed by atoms with van der Waals surface area (Å²) < 4.78 is 0. The number of benzene rings is 1. The zero-order valence-electron chi connectivity index (χ0n) is 11.5. The number of aromatic amines is 1. The lowest BCUT2D eigenvalue weighted by Gasteiger charge is -2.01. The number of carbonyl (C=O) groups excluding carboxylic acids is 1. The number of nitrogens with zero attached hydrogens (tertiary/aromatic N) is 3. The van der Waals surface area contributed by atoms with Gasteiger partial charge in [-0.3, -0.25) is 20.0 Å². The van der Waals surface area contributed by atoms with E-state index in [1.165, 1.54) is 29.5 Å². The largest absolute Gasteiger partial charge is 0.346 e. The molecule has 0 unspecified atom stereocenters. The molecule has 3 aromatic rings. The van der Waals surface area contributed by atoms with Crippen LogP contribution in [0.15, 0.2) is 24.4 Å². The highest BCUT2D eigenvalue weighted by Gasteiger charge is 2.17. The van der Waals surface area contributed by atoms with Crippen LogP contribution in [0.1, 0.15) is 20.4 Å². The number of nitrogens with one attached hydrogen (secondary N) is 2. The molecule has 0 fully saturated rings. The van der Waals surface area contributed by atoms with Gasteiger partial charge in [0.25, 0.3) is 11.6 Å². The number of non-ortho nitro benzene ring substituents is 1. The molecule has 0 aliphatic rings. The molecule has 0 atom stereocenters. The van der Waals surface area contributed by atoms with Gasteiger partial charge in [0, 0.05) is 28.6 Å². The molecule has 22 heavy (non-hydrogen) atoms. The minimum Gasteiger partial charge on any atom is -0.346 e. The molecule has 0 spiro atoms. The van der Waals surface area contributed by atoms with Crippen LogP contribution >= 0.6 is 11.3 Å². The Kier molecular flexibility index (Phi) is 3.55. The van der Waals surface area contributed by atoms with Crippen molar-refractivity contribution in [3.05, 3.63) is 50.1 Å². The van der Waals surface area contributed by atoms with Crippen molar-refractivity contribution in [3.63, 3.8) is 0 Å². The van der Waals surface area contributed by atoms with E-state index in [9.17, 15) is 14.9 Å². The second kappa shape index (κ2) is 5.53. The zero-order chi connectivity index (χ0) is 15.7. The van der Waals surface area contributed by atoms with Crippen molar-refractivity contribution in [2.24, 2.45) is 0 Å². The van der Waals surface area contributed by atoms with E-state index in [0.717, 1.165) is 9.88 Å². The molecule has 1 amide bonds. The van der Waals surface area contributed by atoms with E-state index < -0.39 is 10.8 Å². The van der Waals surface area contributed by atoms with Gasteiger partial charge < -0.3 is 5.32 Å². The number of amides is 1. The molecule has 1 aromatic carbocycles. The van der Waals surface area contributed by atoms with Gasteiger partial charge in [0.1, 0.15) is 0 Å². The quantitative estimate of drug-likeness (QED) is 0.565. The van der Waals surface area contributed by atoms with Crippen LogP contribution < -0.4 is 5.32 Å². The molecular formula is C13H11N5O3S. The van der Waals surface area contributed by atoms with Crippen molar-refractivity contribution in [2.75, 3.05) is 0 Å². The molecule has 0 saturated carbocycles. The first kappa shape index (κ1) is 14.1. The number of hydrogen-bond donors (Lipinski definition) is 2. The van der Waals surface area contributed by atoms with Gasteiger partial charge in [-0.15, -0.1) is 11.3 Å². The third-order valence-electron chi connectivity index (χ3n) is 3.06. The van der Waals surface area contributed by atoms with Crippen LogP contribution in [0.5, 0.6) is 0 Å². The van der Waals surface area contributed by atoms with Crippen LogP contribution in [0.25, 0.3) is 10.9 Å². The van der Waals surface area contributed by atoms with Crippen molar-refractivity contribution >= 4 is 33.8 Å². The summed E-state index contributed by atoms with van der Waals surface area (Å²) in [7, 11) is 0. The van der Waals surface area contributed by atoms with E-state index in [1.807, 2.05) is 6.92 Å². The van der Waals surface area contributed by atoms with E-state index >= 15 is 0 Å². The van der Waals surface area contributed by atoms with Crippen LogP contribution in [0.3, 0.4) is 0 Å². The van der Waals surface area contributed by atoms with Crippen molar-refractivity contribution in [1.29, 1.82) is 0 Å². The number of aromatic nitrogens is 3. The maximum Gasteiger partial charge on any atom is 0.272 e. The minimum atomic E-state index is -0.506. The maximum atomic E-state index is 12.2. The van der Waals surface area contributed by atoms with E-state index in [-0.39, 0.29) is 11.4 Å². The van der Waals surface area contributed by atoms with Gasteiger partial charge in [-0.05, 0) is 13.0 Å². The number of rotatable bonds is 4. The number of H-pyrrole nitrogens is 1. The Balaban J connectivity index is 1.84. The number of thiazole rings is 1. The summed E-state index contributed by atoms with van der Waals surface area (Å²) in [4.78, 5) is 27.6. The average molecular weight is 317 g/mol. The van der Waals surface area contributed by atoms with Gasteiger partial charge in [-0.25, -0.2) is 4.98 Å². The molecule has 9 heteroatoms. The van der Waals surface area contributed by atoms with Crippen LogP contribution in [0.2, 0.25) is 0 Å². The topological polar surface area (TPSA) is 114 Å². The fraction of sp³-hybridized carbons (Fsp3) is 0.154. The van der Waals surface area contributed by atoms with Crippen LogP contribution in [-0.4, -0.2) is 26.0 Å². The first-order valence-corrected chi connectivity index (χ1v) is 7.18. The lowest BCUT2D eigenvalue weighted by molar-refractivity contribution is -0.384. The molecule has 0 saturated heterocycles. The summed E-state index contributed by atoms with van der Waals surface area (Å²) in [6.07, 6.45) is 1.70. The lowest BCUT2D eigenvalue weighted by atomic mass is 10.2. The Morgan fingerprint density at radius 1 is 1.50 bits per heavy atom. The van der Waals surface area contributed by atoms with Crippen LogP contribution in [0.4, 0.5) is 5.69 Å². The third-order valence-corrected chi connectivity index (χ3v) is 3.98. The average Bonchev–Trinajstić information content (AvgIpc) is 3.10. The number of hydrogen-bond acceptors (Lipinski definition) is 6. The molecule has 0 aliphatic carbocycles. The summed E-state index contributed by atoms with van der Waals surface area (Å²) in [5, 5.41) is 21.5. The molecule has 0 aliphatic heterocycles. The fourth-order valence-electron chi connectivity index (χ4n) is 2.03. The zero-order valence-corrected chi connectivity index (χ0v) is 12.3. The second-order valence-corrected chi connectivity index (χ2v) is 5.91. The van der Waals surface area contributed by atoms with Crippen molar-refractivity contribution < 1.29 is 9.72 Å². The molecule has 0 radical (unpaired) electrons. The summed E-state index contributed by atoms with van der Waals surface area (Å²) in [5.41, 5.74) is 0.630. The Morgan fingerprint density at radius 3 is 3.00 bits per heavy atom. The third kappa shape index (κ3) is 2.66. The molecule has 8 nitrogen and oxygen atoms in total. The molecule has 112 valence electrons. The SMILES string of the molecule is Cc1ncc(CNC(=O)c2n[nH]c3ccc([N+](=O)[O-])cc23)s1. The monoisotopic (exact) mass is 317 g/mol. The highest BCUT2D eigenvalue weighted by atomic mass is 32.1. The Morgan fingerprint density at radius 2 is 2.32 bits per heavy atom. The van der Waals surface area contributed by atoms with Gasteiger partial charge in [0.2, 0.25) is 0 Å². The van der Waals surface area contributed by atoms with Gasteiger partial charge in [-0.2, -0.15) is 5.10 Å². The van der Waals surface area contributed by atoms with Gasteiger partial charge in [-0.1, -0.05) is 0 Å². The number of carbonyl (C=O) groups is 1. The molecule has 2 N–H and O–H groups in total. The minimum absolute atomic E-state index is 0.0824. The van der Waals surface area contributed by atoms with Crippen LogP contribution in [0, 0.1) is 17.0 Å². The van der Waals surface area contributed by atoms with Crippen LogP contribution in [-0.2, 0) is 6.54 Å². The van der Waals surface area contributed by atoms with Gasteiger partial charge in [0.15, 0.2) is 5.69 Å². The molecule has 2 heterocycles. The smallest absolute Gasteiger partial charge is 0.272 e. The standard InChI is InChI=1S/C13H11N5O3S/c1-7-14-5-9(22-7)6-15-13(19)12-10-4-8(18(20)21)2-3-11(10)16-17-12/h2-5H,6H2,1H3,(H,15,19)(H,16,17). The first-order chi connectivity index (χ1) is 10.5. The fourth-order valence-corrected chi connectivity index (χ4v) is 2.76. The summed E-state index contributed by atoms with van der Waals surface area (Å²) in [6, 6.07) is 4.23. The molecule has 3 rings (SSSR count). The summed E-state index contributed by atoms with van der Waals surface area (Å²) in [5.74, 6) is -0.391. The van der Waals surface area contributed by atoms with E-state index in [1.54, 1.807) is 6.20 Å². The maximum absolute atomic E-state index is 12.2. The highest BCUT2D eigenvalue weighted by Crippen LogP contribution is 2.22. The van der Waals surface area contributed by atoms with E-state index in [4.69, 9.17) is 0 Å². The lowest BCUT2D eigenvalue weighted by Crippen LogP contribution is -2.22. The molecule has 2 aromatic heterocycles. The Labute approximate surface area is 128 Å². The first-order valence-electron chi connectivity index (χ1n) is 6.36. The predicted molar refractivity (Wildman–Crippen MR) is 80.8 cm³/mol. The Bertz CT molecular complexity index is 870. The van der Waals surface area contributed by atoms with Gasteiger partial charge in [0.05, 0.1) is 22.0 Å². The van der Waals surface area contributed by atoms with E-state index in [0.29, 0.717) is 17.4 Å². The van der Waals surface area contributed by atoms with Gasteiger partial charge >= 0.3 is 0 Å². The van der Waals surface area contributed by atoms with Crippen molar-refractivity contribution in [2.45, 2.75) is 13.5 Å². The Hall–Kier alpha value is -2.81. The summed E-state index contributed by atoms with van der Waals surface area (Å²) in [6.45, 7) is 2.23. The normalized spacial score (nSPS) is 10.8. The van der Waals surface area contributed by atoms with Crippen molar-refractivity contribution in [1.82, 2.24) is 20.5 Å². The molecule has 0 bridgehead atoms. The molecular weight excluding hydrogens is 306 g/mol. The van der Waals surface area contributed by atoms with Crippen molar-refractivity contribution in [3.8, 4) is 0 Å². The second-order valence-electron chi connectivity index (χ2n) is 4.59. The number of aryl methyl sites for hydroxylation is 1. The number of nitro benzene ring substituents is 1. The summed E-state index contributed by atoms with van der Waals surface area (Å²) >= 11 is 1.49. The number of nitro groups is 1.